The first-order valence-electron chi connectivity index (χ1n) is 8.80. The Morgan fingerprint density at radius 1 is 1.24 bits per heavy atom. The van der Waals surface area contributed by atoms with Crippen LogP contribution in [-0.4, -0.2) is 29.4 Å². The Bertz CT molecular complexity index is 1300. The van der Waals surface area contributed by atoms with Crippen LogP contribution in [0.15, 0.2) is 48.7 Å². The van der Waals surface area contributed by atoms with Gasteiger partial charge in [0.1, 0.15) is 6.54 Å². The number of nitrogens with zero attached hydrogens (tertiary/aromatic N) is 2. The number of halogens is 1. The summed E-state index contributed by atoms with van der Waals surface area (Å²) in [6.45, 7) is 1.70. The number of aromatic nitrogens is 2. The van der Waals surface area contributed by atoms with E-state index in [-0.39, 0.29) is 12.3 Å². The van der Waals surface area contributed by atoms with E-state index in [0.29, 0.717) is 16.1 Å². The van der Waals surface area contributed by atoms with Gasteiger partial charge >= 0.3 is 5.97 Å². The molecule has 0 aliphatic heterocycles. The quantitative estimate of drug-likeness (QED) is 0.479. The van der Waals surface area contributed by atoms with Crippen LogP contribution < -0.4 is 0 Å². The monoisotopic (exact) mass is 427 g/mol. The van der Waals surface area contributed by atoms with E-state index in [1.807, 2.05) is 31.2 Å². The molecule has 6 nitrogen and oxygen atoms in total. The van der Waals surface area contributed by atoms with Crippen LogP contribution in [0.4, 0.5) is 0 Å². The molecule has 0 bridgehead atoms. The maximum absolute atomic E-state index is 11.4. The fraction of sp³-hybridized carbons (Fsp3) is 0.143. The molecule has 0 aliphatic rings. The number of aliphatic carboxylic acids is 1. The van der Waals surface area contributed by atoms with E-state index in [4.69, 9.17) is 11.6 Å². The minimum Gasteiger partial charge on any atom is -0.772 e. The molecule has 148 valence electrons. The Balaban J connectivity index is 2.06. The van der Waals surface area contributed by atoms with Crippen molar-refractivity contribution in [2.24, 2.45) is 0 Å². The van der Waals surface area contributed by atoms with Gasteiger partial charge in [0.15, 0.2) is 0 Å². The summed E-state index contributed by atoms with van der Waals surface area (Å²) >= 11 is 4.01. The van der Waals surface area contributed by atoms with Crippen molar-refractivity contribution in [2.75, 3.05) is 0 Å². The number of pyridine rings is 1. The molecule has 0 saturated carbocycles. The summed E-state index contributed by atoms with van der Waals surface area (Å²) in [7, 11) is 0. The van der Waals surface area contributed by atoms with Gasteiger partial charge in [-0.25, -0.2) is 0 Å². The van der Waals surface area contributed by atoms with Crippen molar-refractivity contribution in [3.05, 3.63) is 64.9 Å². The molecule has 2 heterocycles. The molecule has 2 aromatic heterocycles. The van der Waals surface area contributed by atoms with Crippen molar-refractivity contribution < 1.29 is 18.7 Å². The molecule has 4 aromatic rings. The van der Waals surface area contributed by atoms with Gasteiger partial charge in [-0.3, -0.25) is 14.0 Å². The zero-order valence-electron chi connectivity index (χ0n) is 15.4. The van der Waals surface area contributed by atoms with E-state index in [0.717, 1.165) is 33.1 Å². The lowest BCUT2D eigenvalue weighted by molar-refractivity contribution is -0.137. The van der Waals surface area contributed by atoms with Crippen molar-refractivity contribution in [3.63, 3.8) is 0 Å². The Hall–Kier alpha value is -2.74. The van der Waals surface area contributed by atoms with Crippen molar-refractivity contribution in [3.8, 4) is 11.1 Å². The molecule has 1 atom stereocenters. The molecule has 1 unspecified atom stereocenters. The van der Waals surface area contributed by atoms with Crippen LogP contribution in [0.25, 0.3) is 32.9 Å². The molecule has 4 rings (SSSR count). The lowest BCUT2D eigenvalue weighted by atomic mass is 9.97. The largest absolute Gasteiger partial charge is 0.772 e. The molecule has 0 radical (unpaired) electrons. The van der Waals surface area contributed by atoms with Crippen molar-refractivity contribution >= 4 is 50.5 Å². The van der Waals surface area contributed by atoms with Gasteiger partial charge in [-0.2, -0.15) is 0 Å². The van der Waals surface area contributed by atoms with Crippen LogP contribution in [0, 0.1) is 6.92 Å². The highest BCUT2D eigenvalue weighted by Gasteiger charge is 2.19. The number of para-hydroxylation sites is 1. The highest BCUT2D eigenvalue weighted by molar-refractivity contribution is 7.78. The molecule has 1 N–H and O–H groups in total. The molecule has 0 amide bonds. The number of benzene rings is 2. The molecule has 8 heteroatoms. The van der Waals surface area contributed by atoms with Crippen LogP contribution in [-0.2, 0) is 28.2 Å². The number of hydrogen-bond donors (Lipinski definition) is 1. The van der Waals surface area contributed by atoms with Gasteiger partial charge in [0, 0.05) is 44.5 Å². The third-order valence-electron chi connectivity index (χ3n) is 4.98. The van der Waals surface area contributed by atoms with Crippen molar-refractivity contribution in [1.82, 2.24) is 9.55 Å². The van der Waals surface area contributed by atoms with Crippen LogP contribution in [0.3, 0.4) is 0 Å². The van der Waals surface area contributed by atoms with Crippen LogP contribution in [0.2, 0.25) is 5.02 Å². The van der Waals surface area contributed by atoms with Crippen LogP contribution >= 0.6 is 11.6 Å². The first-order chi connectivity index (χ1) is 13.9. The molecular weight excluding hydrogens is 412 g/mol. The normalized spacial score (nSPS) is 12.5. The highest BCUT2D eigenvalue weighted by atomic mass is 35.5. The van der Waals surface area contributed by atoms with Crippen LogP contribution in [0.5, 0.6) is 0 Å². The first-order valence-corrected chi connectivity index (χ1v) is 10.4. The summed E-state index contributed by atoms with van der Waals surface area (Å²) in [5, 5.41) is 11.5. The van der Waals surface area contributed by atoms with Gasteiger partial charge in [0.05, 0.1) is 5.52 Å². The van der Waals surface area contributed by atoms with Gasteiger partial charge < -0.3 is 14.2 Å². The predicted molar refractivity (Wildman–Crippen MR) is 113 cm³/mol. The SMILES string of the molecule is Cc1c(-c2ccnc3c(CS(=O)[O-])cccc23)c2cc(Cl)ccc2n1CC(=O)O. The average molecular weight is 428 g/mol. The van der Waals surface area contributed by atoms with Gasteiger partial charge in [0.2, 0.25) is 0 Å². The van der Waals surface area contributed by atoms with Gasteiger partial charge in [-0.15, -0.1) is 0 Å². The standard InChI is InChI=1S/C21H17ClN2O4S/c1-12-20(17-9-14(22)5-6-18(17)24(12)10-19(25)26)15-7-8-23-21-13(11-29(27)28)3-2-4-16(15)21/h2-9H,10-11H2,1H3,(H,25,26)(H,27,28)/p-1. The van der Waals surface area contributed by atoms with Crippen molar-refractivity contribution in [1.29, 1.82) is 0 Å². The van der Waals surface area contributed by atoms with E-state index in [9.17, 15) is 18.7 Å². The Morgan fingerprint density at radius 3 is 2.76 bits per heavy atom. The number of fused-ring (bicyclic) bond motifs is 2. The topological polar surface area (TPSA) is 95.2 Å². The van der Waals surface area contributed by atoms with Gasteiger partial charge in [0.25, 0.3) is 0 Å². The predicted octanol–water partition coefficient (Wildman–Crippen LogP) is 4.28. The summed E-state index contributed by atoms with van der Waals surface area (Å²) in [5.74, 6) is -1.06. The lowest BCUT2D eigenvalue weighted by Crippen LogP contribution is -2.09. The van der Waals surface area contributed by atoms with E-state index >= 15 is 0 Å². The fourth-order valence-corrected chi connectivity index (χ4v) is 4.49. The van der Waals surface area contributed by atoms with E-state index in [1.165, 1.54) is 0 Å². The summed E-state index contributed by atoms with van der Waals surface area (Å²) in [6.07, 6.45) is 1.64. The number of hydrogen-bond acceptors (Lipinski definition) is 4. The lowest BCUT2D eigenvalue weighted by Gasteiger charge is -2.12. The summed E-state index contributed by atoms with van der Waals surface area (Å²) in [4.78, 5) is 15.8. The molecule has 2 aromatic carbocycles. The summed E-state index contributed by atoms with van der Waals surface area (Å²) in [6, 6.07) is 12.7. The number of carboxylic acids is 1. The third-order valence-corrected chi connectivity index (χ3v) is 5.76. The van der Waals surface area contributed by atoms with Gasteiger partial charge in [-0.1, -0.05) is 40.9 Å². The second-order valence-electron chi connectivity index (χ2n) is 6.72. The Labute approximate surface area is 174 Å². The summed E-state index contributed by atoms with van der Waals surface area (Å²) < 4.78 is 24.2. The van der Waals surface area contributed by atoms with E-state index < -0.39 is 17.0 Å². The fourth-order valence-electron chi connectivity index (χ4n) is 3.83. The maximum atomic E-state index is 11.4. The van der Waals surface area contributed by atoms with E-state index in [1.54, 1.807) is 29.0 Å². The van der Waals surface area contributed by atoms with Crippen LogP contribution in [0.1, 0.15) is 11.3 Å². The zero-order chi connectivity index (χ0) is 20.7. The molecule has 29 heavy (non-hydrogen) atoms. The molecule has 0 fully saturated rings. The first kappa shape index (κ1) is 19.6. The smallest absolute Gasteiger partial charge is 0.323 e. The Morgan fingerprint density at radius 2 is 2.03 bits per heavy atom. The molecular formula is C21H16ClN2O4S-. The van der Waals surface area contributed by atoms with Crippen molar-refractivity contribution in [2.45, 2.75) is 19.2 Å². The second-order valence-corrected chi connectivity index (χ2v) is 8.05. The van der Waals surface area contributed by atoms with Gasteiger partial charge in [-0.05, 0) is 42.3 Å². The van der Waals surface area contributed by atoms with E-state index in [2.05, 4.69) is 4.98 Å². The minimum absolute atomic E-state index is 0.126. The number of carbonyl (C=O) groups is 1. The Kier molecular flexibility index (Phi) is 5.12. The molecule has 0 spiro atoms. The average Bonchev–Trinajstić information content (AvgIpc) is 2.92. The third kappa shape index (κ3) is 3.53. The number of rotatable bonds is 5. The molecule has 0 saturated heterocycles. The minimum atomic E-state index is -2.23. The maximum Gasteiger partial charge on any atom is 0.323 e. The zero-order valence-corrected chi connectivity index (χ0v) is 17.0. The molecule has 0 aliphatic carbocycles. The summed E-state index contributed by atoms with van der Waals surface area (Å²) in [5.41, 5.74) is 4.48. The number of carboxylic acid groups (broad SMARTS) is 1. The second kappa shape index (κ2) is 7.59. The highest BCUT2D eigenvalue weighted by Crippen LogP contribution is 2.39.